The van der Waals surface area contributed by atoms with Crippen LogP contribution in [-0.2, 0) is 14.8 Å². The Hall–Kier alpha value is -1.28. The predicted molar refractivity (Wildman–Crippen MR) is 74.1 cm³/mol. The van der Waals surface area contributed by atoms with E-state index >= 15 is 0 Å². The minimum Gasteiger partial charge on any atom is -0.379 e. The van der Waals surface area contributed by atoms with Crippen molar-refractivity contribution in [2.24, 2.45) is 5.14 Å². The van der Waals surface area contributed by atoms with Gasteiger partial charge in [0.25, 0.3) is 0 Å². The number of hydrogen-bond acceptors (Lipinski definition) is 4. The highest BCUT2D eigenvalue weighted by atomic mass is 32.2. The number of primary sulfonamides is 1. The first kappa shape index (κ1) is 15.1. The van der Waals surface area contributed by atoms with Crippen molar-refractivity contribution in [3.63, 3.8) is 0 Å². The van der Waals surface area contributed by atoms with E-state index in [1.807, 2.05) is 0 Å². The molecule has 1 saturated heterocycles. The van der Waals surface area contributed by atoms with Crippen molar-refractivity contribution < 1.29 is 17.5 Å². The highest BCUT2D eigenvalue weighted by molar-refractivity contribution is 7.89. The van der Waals surface area contributed by atoms with E-state index in [1.165, 1.54) is 6.07 Å². The third-order valence-electron chi connectivity index (χ3n) is 3.04. The number of ether oxygens (including phenoxy) is 1. The second-order valence-corrected chi connectivity index (χ2v) is 6.07. The van der Waals surface area contributed by atoms with Crippen LogP contribution in [0.3, 0.4) is 0 Å². The van der Waals surface area contributed by atoms with Gasteiger partial charge in [0.05, 0.1) is 18.1 Å². The molecule has 1 aromatic carbocycles. The van der Waals surface area contributed by atoms with Gasteiger partial charge in [0.2, 0.25) is 10.0 Å². The summed E-state index contributed by atoms with van der Waals surface area (Å²) >= 11 is 0. The molecule has 0 spiro atoms. The van der Waals surface area contributed by atoms with Gasteiger partial charge in [-0.1, -0.05) is 12.2 Å². The van der Waals surface area contributed by atoms with Crippen LogP contribution >= 0.6 is 0 Å². The molecule has 1 fully saturated rings. The van der Waals surface area contributed by atoms with Crippen LogP contribution in [0.2, 0.25) is 0 Å². The zero-order valence-electron chi connectivity index (χ0n) is 11.0. The molecule has 0 aliphatic carbocycles. The summed E-state index contributed by atoms with van der Waals surface area (Å²) < 4.78 is 41.3. The number of morpholine rings is 1. The first-order valence-electron chi connectivity index (χ1n) is 6.26. The molecule has 1 aromatic rings. The van der Waals surface area contributed by atoms with E-state index in [-0.39, 0.29) is 10.5 Å². The molecule has 0 saturated carbocycles. The third kappa shape index (κ3) is 4.11. The summed E-state index contributed by atoms with van der Waals surface area (Å²) in [5.41, 5.74) is 0.265. The van der Waals surface area contributed by atoms with Gasteiger partial charge in [0, 0.05) is 19.6 Å². The molecule has 0 unspecified atom stereocenters. The van der Waals surface area contributed by atoms with Crippen molar-refractivity contribution in [1.29, 1.82) is 0 Å². The quantitative estimate of drug-likeness (QED) is 0.893. The van der Waals surface area contributed by atoms with E-state index < -0.39 is 15.8 Å². The normalized spacial score (nSPS) is 17.7. The SMILES string of the molecule is NS(=O)(=O)c1ccc(F)cc1/C=C\CN1CCOCC1. The molecule has 1 heterocycles. The molecule has 0 atom stereocenters. The minimum absolute atomic E-state index is 0.0721. The van der Waals surface area contributed by atoms with Gasteiger partial charge >= 0.3 is 0 Å². The lowest BCUT2D eigenvalue weighted by Crippen LogP contribution is -2.36. The second-order valence-electron chi connectivity index (χ2n) is 4.54. The fraction of sp³-hybridized carbons (Fsp3) is 0.385. The summed E-state index contributed by atoms with van der Waals surface area (Å²) in [5, 5.41) is 5.11. The maximum atomic E-state index is 13.2. The molecule has 2 rings (SSSR count). The van der Waals surface area contributed by atoms with Crippen LogP contribution in [-0.4, -0.2) is 46.2 Å². The van der Waals surface area contributed by atoms with Crippen LogP contribution in [0.25, 0.3) is 6.08 Å². The number of sulfonamides is 1. The van der Waals surface area contributed by atoms with Gasteiger partial charge < -0.3 is 4.74 Å². The molecular weight excluding hydrogens is 283 g/mol. The lowest BCUT2D eigenvalue weighted by molar-refractivity contribution is 0.0435. The van der Waals surface area contributed by atoms with Crippen LogP contribution in [0, 0.1) is 5.82 Å². The summed E-state index contributed by atoms with van der Waals surface area (Å²) in [6, 6.07) is 3.42. The van der Waals surface area contributed by atoms with Crippen molar-refractivity contribution in [1.82, 2.24) is 4.90 Å². The summed E-state index contributed by atoms with van der Waals surface area (Å²) in [4.78, 5) is 2.09. The standard InChI is InChI=1S/C13H17FN2O3S/c14-12-3-4-13(20(15,17)18)11(10-12)2-1-5-16-6-8-19-9-7-16/h1-4,10H,5-9H2,(H2,15,17,18)/b2-1-. The molecular formula is C13H17FN2O3S. The van der Waals surface area contributed by atoms with Crippen LogP contribution in [0.4, 0.5) is 4.39 Å². The average molecular weight is 300 g/mol. The molecule has 110 valence electrons. The number of hydrogen-bond donors (Lipinski definition) is 1. The summed E-state index contributed by atoms with van der Waals surface area (Å²) in [6.07, 6.45) is 3.38. The van der Waals surface area contributed by atoms with Gasteiger partial charge in [-0.15, -0.1) is 0 Å². The monoisotopic (exact) mass is 300 g/mol. The molecule has 0 amide bonds. The molecule has 2 N–H and O–H groups in total. The van der Waals surface area contributed by atoms with E-state index in [2.05, 4.69) is 4.90 Å². The maximum absolute atomic E-state index is 13.2. The van der Waals surface area contributed by atoms with E-state index in [0.717, 1.165) is 25.2 Å². The zero-order valence-corrected chi connectivity index (χ0v) is 11.8. The zero-order chi connectivity index (χ0) is 14.6. The van der Waals surface area contributed by atoms with Gasteiger partial charge in [-0.25, -0.2) is 17.9 Å². The minimum atomic E-state index is -3.86. The number of benzene rings is 1. The van der Waals surface area contributed by atoms with Crippen molar-refractivity contribution in [3.8, 4) is 0 Å². The second kappa shape index (κ2) is 6.45. The first-order valence-corrected chi connectivity index (χ1v) is 7.80. The van der Waals surface area contributed by atoms with Gasteiger partial charge in [0.1, 0.15) is 5.82 Å². The van der Waals surface area contributed by atoms with Gasteiger partial charge in [-0.2, -0.15) is 0 Å². The predicted octanol–water partition coefficient (Wildman–Crippen LogP) is 0.819. The Bertz CT molecular complexity index is 596. The van der Waals surface area contributed by atoms with Crippen molar-refractivity contribution in [3.05, 3.63) is 35.7 Å². The first-order chi connectivity index (χ1) is 9.47. The Kier molecular flexibility index (Phi) is 4.87. The Morgan fingerprint density at radius 3 is 2.70 bits per heavy atom. The number of nitrogens with zero attached hydrogens (tertiary/aromatic N) is 1. The van der Waals surface area contributed by atoms with Crippen molar-refractivity contribution in [2.75, 3.05) is 32.8 Å². The van der Waals surface area contributed by atoms with E-state index in [9.17, 15) is 12.8 Å². The number of rotatable bonds is 4. The lowest BCUT2D eigenvalue weighted by atomic mass is 10.2. The van der Waals surface area contributed by atoms with Crippen LogP contribution < -0.4 is 5.14 Å². The van der Waals surface area contributed by atoms with Crippen LogP contribution in [0.15, 0.2) is 29.2 Å². The fourth-order valence-corrected chi connectivity index (χ4v) is 2.73. The fourth-order valence-electron chi connectivity index (χ4n) is 2.02. The van der Waals surface area contributed by atoms with Gasteiger partial charge in [-0.05, 0) is 23.8 Å². The molecule has 1 aliphatic rings. The highest BCUT2D eigenvalue weighted by Crippen LogP contribution is 2.17. The lowest BCUT2D eigenvalue weighted by Gasteiger charge is -2.25. The molecule has 5 nitrogen and oxygen atoms in total. The molecule has 7 heteroatoms. The molecule has 1 aliphatic heterocycles. The van der Waals surface area contributed by atoms with Crippen LogP contribution in [0.1, 0.15) is 5.56 Å². The average Bonchev–Trinajstić information content (AvgIpc) is 2.38. The largest absolute Gasteiger partial charge is 0.379 e. The smallest absolute Gasteiger partial charge is 0.238 e. The van der Waals surface area contributed by atoms with Crippen molar-refractivity contribution in [2.45, 2.75) is 4.90 Å². The Morgan fingerprint density at radius 1 is 1.35 bits per heavy atom. The highest BCUT2D eigenvalue weighted by Gasteiger charge is 2.13. The van der Waals surface area contributed by atoms with E-state index in [1.54, 1.807) is 12.2 Å². The third-order valence-corrected chi connectivity index (χ3v) is 4.03. The van der Waals surface area contributed by atoms with Gasteiger partial charge in [0.15, 0.2) is 0 Å². The Morgan fingerprint density at radius 2 is 2.05 bits per heavy atom. The Labute approximate surface area is 117 Å². The molecule has 0 radical (unpaired) electrons. The van der Waals surface area contributed by atoms with E-state index in [4.69, 9.17) is 9.88 Å². The molecule has 20 heavy (non-hydrogen) atoms. The van der Waals surface area contributed by atoms with E-state index in [0.29, 0.717) is 19.8 Å². The maximum Gasteiger partial charge on any atom is 0.238 e. The summed E-state index contributed by atoms with van der Waals surface area (Å²) in [6.45, 7) is 3.70. The summed E-state index contributed by atoms with van der Waals surface area (Å²) in [5.74, 6) is -0.497. The summed E-state index contributed by atoms with van der Waals surface area (Å²) in [7, 11) is -3.86. The Balaban J connectivity index is 2.13. The van der Waals surface area contributed by atoms with Crippen molar-refractivity contribution >= 4 is 16.1 Å². The van der Waals surface area contributed by atoms with Gasteiger partial charge in [-0.3, -0.25) is 4.90 Å². The molecule has 0 aromatic heterocycles. The topological polar surface area (TPSA) is 72.6 Å². The number of nitrogens with two attached hydrogens (primary N) is 1. The van der Waals surface area contributed by atoms with Crippen LogP contribution in [0.5, 0.6) is 0 Å². The molecule has 0 bridgehead atoms. The number of halogens is 1.